The predicted molar refractivity (Wildman–Crippen MR) is 59.3 cm³/mol. The lowest BCUT2D eigenvalue weighted by molar-refractivity contribution is 0.661. The molecule has 1 aliphatic carbocycles. The fourth-order valence-electron chi connectivity index (χ4n) is 1.85. The lowest BCUT2D eigenvalue weighted by atomic mass is 10.2. The molecule has 3 heteroatoms. The summed E-state index contributed by atoms with van der Waals surface area (Å²) in [6.07, 6.45) is 4.03. The van der Waals surface area contributed by atoms with Crippen LogP contribution in [0, 0.1) is 11.8 Å². The molecule has 0 spiro atoms. The smallest absolute Gasteiger partial charge is 0.156 e. The highest BCUT2D eigenvalue weighted by Gasteiger charge is 2.34. The monoisotopic (exact) mass is 198 g/mol. The summed E-state index contributed by atoms with van der Waals surface area (Å²) in [5.41, 5.74) is 0. The summed E-state index contributed by atoms with van der Waals surface area (Å²) in [5.74, 6) is 3.19. The molecule has 1 fully saturated rings. The van der Waals surface area contributed by atoms with Gasteiger partial charge >= 0.3 is 0 Å². The van der Waals surface area contributed by atoms with Crippen molar-refractivity contribution in [2.75, 3.05) is 18.8 Å². The molecule has 13 heavy (non-hydrogen) atoms. The van der Waals surface area contributed by atoms with Gasteiger partial charge in [0.25, 0.3) is 0 Å². The minimum Gasteiger partial charge on any atom is -0.365 e. The standard InChI is InChI=1S/C10H18N2S/c1-2-8-6-9(8)7-12-10-11-4-3-5-13-10/h8-9H,2-7H2,1H3,(H,11,12). The van der Waals surface area contributed by atoms with Crippen LogP contribution in [0.1, 0.15) is 26.2 Å². The molecule has 1 heterocycles. The number of hydrogen-bond donors (Lipinski definition) is 1. The van der Waals surface area contributed by atoms with E-state index in [0.717, 1.165) is 24.9 Å². The molecule has 2 nitrogen and oxygen atoms in total. The van der Waals surface area contributed by atoms with Crippen LogP contribution >= 0.6 is 11.8 Å². The maximum absolute atomic E-state index is 4.45. The van der Waals surface area contributed by atoms with Crippen LogP contribution in [0.3, 0.4) is 0 Å². The topological polar surface area (TPSA) is 24.4 Å². The third kappa shape index (κ3) is 2.63. The average Bonchev–Trinajstić information content (AvgIpc) is 2.95. The first kappa shape index (κ1) is 9.38. The van der Waals surface area contributed by atoms with Gasteiger partial charge in [-0.15, -0.1) is 0 Å². The maximum Gasteiger partial charge on any atom is 0.156 e. The van der Waals surface area contributed by atoms with Crippen LogP contribution < -0.4 is 5.32 Å². The van der Waals surface area contributed by atoms with Gasteiger partial charge in [-0.25, -0.2) is 0 Å². The molecule has 2 aliphatic rings. The van der Waals surface area contributed by atoms with E-state index in [1.54, 1.807) is 0 Å². The highest BCUT2D eigenvalue weighted by molar-refractivity contribution is 8.13. The molecular formula is C10H18N2S. The van der Waals surface area contributed by atoms with Crippen molar-refractivity contribution in [1.29, 1.82) is 0 Å². The van der Waals surface area contributed by atoms with Gasteiger partial charge in [0.05, 0.1) is 0 Å². The van der Waals surface area contributed by atoms with E-state index < -0.39 is 0 Å². The van der Waals surface area contributed by atoms with Crippen molar-refractivity contribution in [1.82, 2.24) is 5.32 Å². The zero-order valence-corrected chi connectivity index (χ0v) is 9.07. The van der Waals surface area contributed by atoms with Gasteiger partial charge in [-0.2, -0.15) is 0 Å². The SMILES string of the molecule is CCC1CC1CNC1=NCCCS1. The zero-order valence-electron chi connectivity index (χ0n) is 8.25. The normalized spacial score (nSPS) is 32.5. The predicted octanol–water partition coefficient (Wildman–Crippen LogP) is 2.12. The number of amidine groups is 1. The van der Waals surface area contributed by atoms with E-state index in [1.165, 1.54) is 30.2 Å². The van der Waals surface area contributed by atoms with Gasteiger partial charge in [-0.1, -0.05) is 25.1 Å². The van der Waals surface area contributed by atoms with E-state index >= 15 is 0 Å². The van der Waals surface area contributed by atoms with Crippen molar-refractivity contribution in [3.05, 3.63) is 0 Å². The van der Waals surface area contributed by atoms with Crippen LogP contribution in [-0.4, -0.2) is 24.0 Å². The molecule has 2 unspecified atom stereocenters. The van der Waals surface area contributed by atoms with Crippen LogP contribution in [0.5, 0.6) is 0 Å². The van der Waals surface area contributed by atoms with Crippen molar-refractivity contribution in [3.8, 4) is 0 Å². The van der Waals surface area contributed by atoms with Crippen molar-refractivity contribution in [2.24, 2.45) is 16.8 Å². The number of rotatable bonds is 3. The zero-order chi connectivity index (χ0) is 9.10. The number of nitrogens with zero attached hydrogens (tertiary/aromatic N) is 1. The largest absolute Gasteiger partial charge is 0.365 e. The van der Waals surface area contributed by atoms with Crippen LogP contribution in [-0.2, 0) is 0 Å². The third-order valence-corrected chi connectivity index (χ3v) is 3.95. The fourth-order valence-corrected chi connectivity index (χ4v) is 2.68. The highest BCUT2D eigenvalue weighted by atomic mass is 32.2. The molecule has 0 aromatic heterocycles. The lowest BCUT2D eigenvalue weighted by Crippen LogP contribution is -2.25. The van der Waals surface area contributed by atoms with Gasteiger partial charge < -0.3 is 5.32 Å². The number of nitrogens with one attached hydrogen (secondary N) is 1. The quantitative estimate of drug-likeness (QED) is 0.751. The highest BCUT2D eigenvalue weighted by Crippen LogP contribution is 2.40. The Kier molecular flexibility index (Phi) is 3.14. The van der Waals surface area contributed by atoms with Gasteiger partial charge in [0.2, 0.25) is 0 Å². The first-order chi connectivity index (χ1) is 6.40. The van der Waals surface area contributed by atoms with Crippen LogP contribution in [0.15, 0.2) is 4.99 Å². The van der Waals surface area contributed by atoms with Crippen LogP contribution in [0.2, 0.25) is 0 Å². The molecule has 0 radical (unpaired) electrons. The van der Waals surface area contributed by atoms with E-state index in [4.69, 9.17) is 0 Å². The Morgan fingerprint density at radius 2 is 2.46 bits per heavy atom. The van der Waals surface area contributed by atoms with Gasteiger partial charge in [-0.3, -0.25) is 4.99 Å². The Bertz CT molecular complexity index is 203. The molecule has 2 atom stereocenters. The molecule has 74 valence electrons. The van der Waals surface area contributed by atoms with Gasteiger partial charge in [0, 0.05) is 18.8 Å². The van der Waals surface area contributed by atoms with Crippen LogP contribution in [0.4, 0.5) is 0 Å². The minimum atomic E-state index is 0.940. The molecule has 2 rings (SSSR count). The Morgan fingerprint density at radius 3 is 3.08 bits per heavy atom. The number of aliphatic imine (C=N–C) groups is 1. The molecule has 0 aromatic carbocycles. The summed E-state index contributed by atoms with van der Waals surface area (Å²) >= 11 is 1.88. The summed E-state index contributed by atoms with van der Waals surface area (Å²) in [7, 11) is 0. The Labute approximate surface area is 84.6 Å². The molecule has 1 aliphatic heterocycles. The third-order valence-electron chi connectivity index (χ3n) is 2.91. The fraction of sp³-hybridized carbons (Fsp3) is 0.900. The van der Waals surface area contributed by atoms with Crippen molar-refractivity contribution < 1.29 is 0 Å². The average molecular weight is 198 g/mol. The van der Waals surface area contributed by atoms with Crippen molar-refractivity contribution >= 4 is 16.9 Å². The first-order valence-electron chi connectivity index (χ1n) is 5.31. The van der Waals surface area contributed by atoms with E-state index in [1.807, 2.05) is 11.8 Å². The molecule has 0 amide bonds. The maximum atomic E-state index is 4.45. The van der Waals surface area contributed by atoms with E-state index in [9.17, 15) is 0 Å². The summed E-state index contributed by atoms with van der Waals surface area (Å²) in [5, 5.41) is 4.65. The molecular weight excluding hydrogens is 180 g/mol. The Morgan fingerprint density at radius 1 is 1.54 bits per heavy atom. The van der Waals surface area contributed by atoms with Gasteiger partial charge in [-0.05, 0) is 24.7 Å². The van der Waals surface area contributed by atoms with Gasteiger partial charge in [0.15, 0.2) is 5.17 Å². The van der Waals surface area contributed by atoms with Gasteiger partial charge in [0.1, 0.15) is 0 Å². The Balaban J connectivity index is 1.65. The van der Waals surface area contributed by atoms with E-state index in [2.05, 4.69) is 17.2 Å². The summed E-state index contributed by atoms with van der Waals surface area (Å²) in [6, 6.07) is 0. The molecule has 0 saturated heterocycles. The second kappa shape index (κ2) is 4.36. The molecule has 0 aromatic rings. The van der Waals surface area contributed by atoms with Crippen molar-refractivity contribution in [2.45, 2.75) is 26.2 Å². The number of thioether (sulfide) groups is 1. The van der Waals surface area contributed by atoms with Crippen LogP contribution in [0.25, 0.3) is 0 Å². The Hall–Kier alpha value is -0.180. The van der Waals surface area contributed by atoms with E-state index in [0.29, 0.717) is 0 Å². The molecule has 0 bridgehead atoms. The summed E-state index contributed by atoms with van der Waals surface area (Å²) in [6.45, 7) is 4.47. The summed E-state index contributed by atoms with van der Waals surface area (Å²) < 4.78 is 0. The first-order valence-corrected chi connectivity index (χ1v) is 6.30. The van der Waals surface area contributed by atoms with E-state index in [-0.39, 0.29) is 0 Å². The minimum absolute atomic E-state index is 0.940. The summed E-state index contributed by atoms with van der Waals surface area (Å²) in [4.78, 5) is 4.45. The number of hydrogen-bond acceptors (Lipinski definition) is 3. The lowest BCUT2D eigenvalue weighted by Gasteiger charge is -2.12. The van der Waals surface area contributed by atoms with Crippen molar-refractivity contribution in [3.63, 3.8) is 0 Å². The second-order valence-electron chi connectivity index (χ2n) is 3.93. The second-order valence-corrected chi connectivity index (χ2v) is 5.02. The molecule has 1 saturated carbocycles. The molecule has 1 N–H and O–H groups in total.